The number of aromatic carboxylic acids is 1. The topological polar surface area (TPSA) is 83.5 Å². The lowest BCUT2D eigenvalue weighted by Gasteiger charge is -2.12. The van der Waals surface area contributed by atoms with Crippen molar-refractivity contribution in [2.45, 2.75) is 4.90 Å². The maximum absolute atomic E-state index is 13.5. The molecule has 0 fully saturated rings. The summed E-state index contributed by atoms with van der Waals surface area (Å²) in [7, 11) is -4.39. The van der Waals surface area contributed by atoms with E-state index in [2.05, 4.69) is 0 Å². The molecule has 9 heteroatoms. The zero-order chi connectivity index (χ0) is 16.5. The Balaban J connectivity index is 2.53. The third-order valence-corrected chi connectivity index (χ3v) is 4.50. The van der Waals surface area contributed by atoms with Crippen LogP contribution >= 0.6 is 11.6 Å². The monoisotopic (exact) mass is 347 g/mol. The van der Waals surface area contributed by atoms with E-state index >= 15 is 0 Å². The van der Waals surface area contributed by atoms with Crippen LogP contribution in [0.5, 0.6) is 0 Å². The van der Waals surface area contributed by atoms with Crippen molar-refractivity contribution < 1.29 is 27.1 Å². The highest BCUT2D eigenvalue weighted by molar-refractivity contribution is 7.92. The maximum Gasteiger partial charge on any atom is 0.340 e. The van der Waals surface area contributed by atoms with E-state index in [9.17, 15) is 22.0 Å². The number of carboxylic acids is 1. The van der Waals surface area contributed by atoms with Gasteiger partial charge in [-0.25, -0.2) is 22.0 Å². The van der Waals surface area contributed by atoms with Gasteiger partial charge in [-0.3, -0.25) is 4.72 Å². The number of benzene rings is 2. The van der Waals surface area contributed by atoms with Crippen LogP contribution in [0.15, 0.2) is 41.3 Å². The van der Waals surface area contributed by atoms with Crippen molar-refractivity contribution in [1.82, 2.24) is 0 Å². The maximum atomic E-state index is 13.5. The molecule has 0 radical (unpaired) electrons. The van der Waals surface area contributed by atoms with Crippen LogP contribution in [-0.4, -0.2) is 19.5 Å². The van der Waals surface area contributed by atoms with Crippen LogP contribution in [0.25, 0.3) is 0 Å². The SMILES string of the molecule is O=C(O)c1c(F)cccc1NS(=O)(=O)c1cc(F)ccc1Cl. The van der Waals surface area contributed by atoms with E-state index in [1.165, 1.54) is 0 Å². The van der Waals surface area contributed by atoms with E-state index in [0.717, 1.165) is 30.3 Å². The molecule has 116 valence electrons. The van der Waals surface area contributed by atoms with Gasteiger partial charge >= 0.3 is 5.97 Å². The Labute approximate surface area is 129 Å². The van der Waals surface area contributed by atoms with Crippen molar-refractivity contribution in [3.8, 4) is 0 Å². The molecule has 0 saturated carbocycles. The van der Waals surface area contributed by atoms with Crippen LogP contribution in [0.1, 0.15) is 10.4 Å². The number of anilines is 1. The fourth-order valence-electron chi connectivity index (χ4n) is 1.71. The summed E-state index contributed by atoms with van der Waals surface area (Å²) in [5.74, 6) is -3.61. The first-order valence-electron chi connectivity index (χ1n) is 5.72. The Morgan fingerprint density at radius 1 is 1.18 bits per heavy atom. The van der Waals surface area contributed by atoms with Gasteiger partial charge in [-0.2, -0.15) is 0 Å². The van der Waals surface area contributed by atoms with E-state index in [1.807, 2.05) is 4.72 Å². The number of halogens is 3. The molecule has 0 amide bonds. The quantitative estimate of drug-likeness (QED) is 0.890. The predicted octanol–water partition coefficient (Wildman–Crippen LogP) is 3.12. The average Bonchev–Trinajstić information content (AvgIpc) is 2.40. The third-order valence-electron chi connectivity index (χ3n) is 2.65. The fourth-order valence-corrected chi connectivity index (χ4v) is 3.29. The van der Waals surface area contributed by atoms with E-state index < -0.39 is 43.8 Å². The molecule has 0 unspecified atom stereocenters. The third kappa shape index (κ3) is 3.18. The molecule has 2 N–H and O–H groups in total. The molecule has 0 aliphatic rings. The first-order chi connectivity index (χ1) is 10.2. The summed E-state index contributed by atoms with van der Waals surface area (Å²) < 4.78 is 53.0. The van der Waals surface area contributed by atoms with Crippen molar-refractivity contribution in [2.24, 2.45) is 0 Å². The van der Waals surface area contributed by atoms with Crippen LogP contribution in [0, 0.1) is 11.6 Å². The Bertz CT molecular complexity index is 855. The second kappa shape index (κ2) is 5.90. The van der Waals surface area contributed by atoms with Gasteiger partial charge in [0.25, 0.3) is 10.0 Å². The second-order valence-corrected chi connectivity index (χ2v) is 6.21. The number of rotatable bonds is 4. The highest BCUT2D eigenvalue weighted by Crippen LogP contribution is 2.27. The summed E-state index contributed by atoms with van der Waals surface area (Å²) in [4.78, 5) is 10.4. The molecule has 0 saturated heterocycles. The Morgan fingerprint density at radius 2 is 1.86 bits per heavy atom. The number of carbonyl (C=O) groups is 1. The molecule has 0 aliphatic heterocycles. The predicted molar refractivity (Wildman–Crippen MR) is 75.6 cm³/mol. The van der Waals surface area contributed by atoms with Crippen molar-refractivity contribution in [3.05, 3.63) is 58.6 Å². The van der Waals surface area contributed by atoms with Crippen LogP contribution in [0.3, 0.4) is 0 Å². The minimum Gasteiger partial charge on any atom is -0.478 e. The first kappa shape index (κ1) is 16.2. The number of sulfonamides is 1. The van der Waals surface area contributed by atoms with Crippen molar-refractivity contribution in [2.75, 3.05) is 4.72 Å². The minimum absolute atomic E-state index is 0.262. The van der Waals surface area contributed by atoms with Crippen LogP contribution in [-0.2, 0) is 10.0 Å². The van der Waals surface area contributed by atoms with Gasteiger partial charge in [0.05, 0.1) is 10.7 Å². The molecule has 2 aromatic rings. The first-order valence-corrected chi connectivity index (χ1v) is 7.58. The zero-order valence-electron chi connectivity index (χ0n) is 10.7. The average molecular weight is 348 g/mol. The van der Waals surface area contributed by atoms with Gasteiger partial charge in [-0.05, 0) is 30.3 Å². The van der Waals surface area contributed by atoms with Gasteiger partial charge in [0, 0.05) is 0 Å². The molecule has 0 spiro atoms. The summed E-state index contributed by atoms with van der Waals surface area (Å²) >= 11 is 5.70. The van der Waals surface area contributed by atoms with Crippen molar-refractivity contribution >= 4 is 33.3 Å². The van der Waals surface area contributed by atoms with Gasteiger partial charge in [-0.1, -0.05) is 17.7 Å². The van der Waals surface area contributed by atoms with Gasteiger partial charge in [0.2, 0.25) is 0 Å². The summed E-state index contributed by atoms with van der Waals surface area (Å²) in [6.07, 6.45) is 0. The normalized spacial score (nSPS) is 11.2. The highest BCUT2D eigenvalue weighted by Gasteiger charge is 2.23. The summed E-state index contributed by atoms with van der Waals surface area (Å²) in [6, 6.07) is 5.74. The highest BCUT2D eigenvalue weighted by atomic mass is 35.5. The number of nitrogens with one attached hydrogen (secondary N) is 1. The summed E-state index contributed by atoms with van der Waals surface area (Å²) in [5.41, 5.74) is -1.34. The lowest BCUT2D eigenvalue weighted by molar-refractivity contribution is 0.0693. The molecule has 22 heavy (non-hydrogen) atoms. The molecule has 0 aliphatic carbocycles. The Morgan fingerprint density at radius 3 is 2.50 bits per heavy atom. The molecule has 0 bridgehead atoms. The molecule has 0 atom stereocenters. The molecule has 0 aromatic heterocycles. The van der Waals surface area contributed by atoms with Gasteiger partial charge in [0.1, 0.15) is 22.1 Å². The van der Waals surface area contributed by atoms with Gasteiger partial charge in [0.15, 0.2) is 0 Å². The lowest BCUT2D eigenvalue weighted by Crippen LogP contribution is -2.17. The molecule has 2 aromatic carbocycles. The zero-order valence-corrected chi connectivity index (χ0v) is 12.3. The molecular weight excluding hydrogens is 340 g/mol. The summed E-state index contributed by atoms with van der Waals surface area (Å²) in [5, 5.41) is 8.69. The van der Waals surface area contributed by atoms with E-state index in [1.54, 1.807) is 0 Å². The Hall–Kier alpha value is -2.19. The molecule has 5 nitrogen and oxygen atoms in total. The van der Waals surface area contributed by atoms with E-state index in [-0.39, 0.29) is 5.02 Å². The Kier molecular flexibility index (Phi) is 4.34. The largest absolute Gasteiger partial charge is 0.478 e. The number of hydrogen-bond donors (Lipinski definition) is 2. The van der Waals surface area contributed by atoms with Crippen molar-refractivity contribution in [3.63, 3.8) is 0 Å². The minimum atomic E-state index is -4.39. The lowest BCUT2D eigenvalue weighted by atomic mass is 10.2. The van der Waals surface area contributed by atoms with Crippen LogP contribution in [0.4, 0.5) is 14.5 Å². The standard InChI is InChI=1S/C13H8ClF2NO4S/c14-8-5-4-7(15)6-11(8)22(20,21)17-10-3-1-2-9(16)12(10)13(18)19/h1-6,17H,(H,18,19). The van der Waals surface area contributed by atoms with Gasteiger partial charge < -0.3 is 5.11 Å². The van der Waals surface area contributed by atoms with Gasteiger partial charge in [-0.15, -0.1) is 0 Å². The molecule has 2 rings (SSSR count). The fraction of sp³-hybridized carbons (Fsp3) is 0. The van der Waals surface area contributed by atoms with Crippen LogP contribution < -0.4 is 4.72 Å². The molecule has 0 heterocycles. The molecular formula is C13H8ClF2NO4S. The van der Waals surface area contributed by atoms with Crippen molar-refractivity contribution in [1.29, 1.82) is 0 Å². The van der Waals surface area contributed by atoms with Crippen LogP contribution in [0.2, 0.25) is 5.02 Å². The number of carboxylic acid groups (broad SMARTS) is 1. The van der Waals surface area contributed by atoms with E-state index in [4.69, 9.17) is 16.7 Å². The smallest absolute Gasteiger partial charge is 0.340 e. The second-order valence-electron chi connectivity index (χ2n) is 4.15. The van der Waals surface area contributed by atoms with E-state index in [0.29, 0.717) is 6.07 Å². The number of hydrogen-bond acceptors (Lipinski definition) is 3. The summed E-state index contributed by atoms with van der Waals surface area (Å²) in [6.45, 7) is 0.